The smallest absolute Gasteiger partial charge is 0.272 e. The van der Waals surface area contributed by atoms with Crippen molar-refractivity contribution in [2.75, 3.05) is 13.1 Å². The third kappa shape index (κ3) is 3.54. The number of pyridine rings is 1. The van der Waals surface area contributed by atoms with E-state index in [0.717, 1.165) is 42.1 Å². The molecule has 154 valence electrons. The highest BCUT2D eigenvalue weighted by Gasteiger charge is 2.49. The van der Waals surface area contributed by atoms with Crippen molar-refractivity contribution in [2.45, 2.75) is 56.6 Å². The van der Waals surface area contributed by atoms with Gasteiger partial charge in [0.2, 0.25) is 0 Å². The number of fused-ring (bicyclic) bond motifs is 2. The van der Waals surface area contributed by atoms with Crippen LogP contribution < -0.4 is 0 Å². The topological polar surface area (TPSA) is 62.6 Å². The van der Waals surface area contributed by atoms with Gasteiger partial charge >= 0.3 is 0 Å². The largest absolute Gasteiger partial charge is 0.337 e. The van der Waals surface area contributed by atoms with Crippen molar-refractivity contribution >= 4 is 28.6 Å². The molecule has 1 aromatic rings. The zero-order valence-corrected chi connectivity index (χ0v) is 17.9. The van der Waals surface area contributed by atoms with Gasteiger partial charge < -0.3 is 4.90 Å². The lowest BCUT2D eigenvalue weighted by molar-refractivity contribution is -0.121. The monoisotopic (exact) mass is 411 g/mol. The summed E-state index contributed by atoms with van der Waals surface area (Å²) in [6.07, 6.45) is 9.89. The summed E-state index contributed by atoms with van der Waals surface area (Å²) in [5, 5.41) is 1.07. The molecule has 4 atom stereocenters. The maximum Gasteiger partial charge on any atom is 0.272 e. The second-order valence-corrected chi connectivity index (χ2v) is 11.0. The Kier molecular flexibility index (Phi) is 5.01. The first-order valence-electron chi connectivity index (χ1n) is 11.0. The number of carbonyl (C=O) groups is 2. The minimum Gasteiger partial charge on any atom is -0.337 e. The Morgan fingerprint density at radius 3 is 2.69 bits per heavy atom. The summed E-state index contributed by atoms with van der Waals surface area (Å²) >= 11 is 1.73. The maximum absolute atomic E-state index is 12.9. The average molecular weight is 412 g/mol. The van der Waals surface area contributed by atoms with E-state index < -0.39 is 4.75 Å². The number of aromatic nitrogens is 1. The molecule has 2 bridgehead atoms. The van der Waals surface area contributed by atoms with Crippen LogP contribution in [-0.2, 0) is 4.79 Å². The normalized spacial score (nSPS) is 34.7. The van der Waals surface area contributed by atoms with Gasteiger partial charge in [-0.3, -0.25) is 14.6 Å². The van der Waals surface area contributed by atoms with Gasteiger partial charge in [0.15, 0.2) is 0 Å². The minimum atomic E-state index is -0.451. The number of likely N-dealkylation sites (tertiary alicyclic amines) is 1. The molecule has 0 spiro atoms. The molecule has 2 aliphatic carbocycles. The molecular weight excluding hydrogens is 382 g/mol. The molecule has 2 aliphatic heterocycles. The molecule has 3 heterocycles. The van der Waals surface area contributed by atoms with Gasteiger partial charge in [0.05, 0.1) is 5.04 Å². The van der Waals surface area contributed by atoms with Crippen LogP contribution in [0.4, 0.5) is 0 Å². The molecule has 0 N–H and O–H groups in total. The van der Waals surface area contributed by atoms with Crippen LogP contribution in [0.3, 0.4) is 0 Å². The Labute approximate surface area is 176 Å². The van der Waals surface area contributed by atoms with E-state index in [-0.39, 0.29) is 17.7 Å². The van der Waals surface area contributed by atoms with Crippen LogP contribution in [-0.4, -0.2) is 44.6 Å². The number of piperidine rings is 1. The number of hydrogen-bond acceptors (Lipinski definition) is 4. The molecule has 5 rings (SSSR count). The number of aliphatic imine (C=N–C) groups is 1. The van der Waals surface area contributed by atoms with Crippen molar-refractivity contribution in [3.63, 3.8) is 0 Å². The van der Waals surface area contributed by atoms with Crippen LogP contribution in [0.15, 0.2) is 29.4 Å². The first-order chi connectivity index (χ1) is 14.0. The summed E-state index contributed by atoms with van der Waals surface area (Å²) in [5.41, 5.74) is 0.500. The van der Waals surface area contributed by atoms with Gasteiger partial charge in [-0.05, 0) is 81.3 Å². The number of carbonyl (C=O) groups excluding carboxylic acids is 2. The van der Waals surface area contributed by atoms with E-state index in [2.05, 4.69) is 16.9 Å². The van der Waals surface area contributed by atoms with Crippen molar-refractivity contribution in [1.29, 1.82) is 0 Å². The lowest BCUT2D eigenvalue weighted by Gasteiger charge is -2.38. The summed E-state index contributed by atoms with van der Waals surface area (Å²) in [6, 6.07) is 5.43. The van der Waals surface area contributed by atoms with Gasteiger partial charge in [0.25, 0.3) is 11.8 Å². The molecule has 1 unspecified atom stereocenters. The van der Waals surface area contributed by atoms with E-state index in [1.807, 2.05) is 17.0 Å². The molecule has 2 amide bonds. The molecular formula is C23H29N3O2S. The van der Waals surface area contributed by atoms with Crippen molar-refractivity contribution in [3.8, 4) is 0 Å². The molecule has 0 aromatic carbocycles. The first-order valence-corrected chi connectivity index (χ1v) is 11.9. The highest BCUT2D eigenvalue weighted by molar-refractivity contribution is 8.16. The minimum absolute atomic E-state index is 0.00664. The molecule has 0 radical (unpaired) electrons. The third-order valence-corrected chi connectivity index (χ3v) is 9.17. The molecule has 29 heavy (non-hydrogen) atoms. The van der Waals surface area contributed by atoms with Gasteiger partial charge in [0, 0.05) is 19.3 Å². The van der Waals surface area contributed by atoms with E-state index in [9.17, 15) is 9.59 Å². The van der Waals surface area contributed by atoms with Crippen LogP contribution in [0.5, 0.6) is 0 Å². The number of thioether (sulfide) groups is 1. The van der Waals surface area contributed by atoms with Crippen LogP contribution in [0, 0.1) is 23.7 Å². The molecule has 1 saturated heterocycles. The van der Waals surface area contributed by atoms with Gasteiger partial charge in [-0.1, -0.05) is 24.2 Å². The van der Waals surface area contributed by atoms with Gasteiger partial charge in [-0.25, -0.2) is 4.99 Å². The fourth-order valence-corrected chi connectivity index (χ4v) is 7.47. The Morgan fingerprint density at radius 1 is 1.21 bits per heavy atom. The van der Waals surface area contributed by atoms with Crippen LogP contribution in [0.25, 0.3) is 0 Å². The first kappa shape index (κ1) is 19.3. The van der Waals surface area contributed by atoms with Crippen molar-refractivity contribution in [3.05, 3.63) is 30.1 Å². The summed E-state index contributed by atoms with van der Waals surface area (Å²) in [6.45, 7) is 3.45. The second-order valence-electron chi connectivity index (χ2n) is 9.44. The average Bonchev–Trinajstić information content (AvgIpc) is 3.44. The SMILES string of the molecule is CC1(C2CCN(C(=O)c3ccccn3)CC2)SC(C[C@H]2C[C@@H]3CC[C@H]2C3)=NC1=O. The van der Waals surface area contributed by atoms with Crippen LogP contribution >= 0.6 is 11.8 Å². The second kappa shape index (κ2) is 7.53. The summed E-state index contributed by atoms with van der Waals surface area (Å²) in [5.74, 6) is 2.86. The quantitative estimate of drug-likeness (QED) is 0.745. The van der Waals surface area contributed by atoms with Crippen LogP contribution in [0.1, 0.15) is 62.4 Å². The van der Waals surface area contributed by atoms with Crippen LogP contribution in [0.2, 0.25) is 0 Å². The number of rotatable bonds is 4. The fourth-order valence-electron chi connectivity index (χ4n) is 6.02. The predicted octanol–water partition coefficient (Wildman–Crippen LogP) is 4.19. The van der Waals surface area contributed by atoms with Crippen molar-refractivity contribution in [1.82, 2.24) is 9.88 Å². The summed E-state index contributed by atoms with van der Waals surface area (Å²) in [4.78, 5) is 36.1. The Balaban J connectivity index is 1.18. The fraction of sp³-hybridized carbons (Fsp3) is 0.652. The Bertz CT molecular complexity index is 834. The number of amides is 2. The Morgan fingerprint density at radius 2 is 2.03 bits per heavy atom. The van der Waals surface area contributed by atoms with Gasteiger partial charge in [0.1, 0.15) is 10.4 Å². The molecule has 4 aliphatic rings. The summed E-state index contributed by atoms with van der Waals surface area (Å²) < 4.78 is -0.451. The molecule has 2 saturated carbocycles. The highest BCUT2D eigenvalue weighted by atomic mass is 32.2. The number of nitrogens with zero attached hydrogens (tertiary/aromatic N) is 3. The lowest BCUT2D eigenvalue weighted by Crippen LogP contribution is -2.46. The van der Waals surface area contributed by atoms with E-state index >= 15 is 0 Å². The zero-order valence-electron chi connectivity index (χ0n) is 17.0. The number of hydrogen-bond donors (Lipinski definition) is 0. The third-order valence-electron chi connectivity index (χ3n) is 7.75. The highest BCUT2D eigenvalue weighted by Crippen LogP contribution is 2.52. The Hall–Kier alpha value is -1.69. The van der Waals surface area contributed by atoms with Crippen molar-refractivity contribution < 1.29 is 9.59 Å². The van der Waals surface area contributed by atoms with Gasteiger partial charge in [-0.2, -0.15) is 0 Å². The van der Waals surface area contributed by atoms with E-state index in [4.69, 9.17) is 0 Å². The van der Waals surface area contributed by atoms with E-state index in [0.29, 0.717) is 18.8 Å². The molecule has 3 fully saturated rings. The molecule has 6 heteroatoms. The van der Waals surface area contributed by atoms with Crippen molar-refractivity contribution in [2.24, 2.45) is 28.7 Å². The zero-order chi connectivity index (χ0) is 20.0. The standard InChI is InChI=1S/C23H29N3O2S/c1-23(18-7-10-26(11-8-18)21(27)19-4-2-3-9-24-19)22(28)25-20(29-23)14-17-13-15-5-6-16(17)12-15/h2-4,9,15-18H,5-8,10-14H2,1H3/t15-,16+,17-,23?/m1/s1. The van der Waals surface area contributed by atoms with Gasteiger partial charge in [-0.15, -0.1) is 0 Å². The van der Waals surface area contributed by atoms with E-state index in [1.165, 1.54) is 25.7 Å². The molecule has 1 aromatic heterocycles. The maximum atomic E-state index is 12.9. The predicted molar refractivity (Wildman–Crippen MR) is 115 cm³/mol. The van der Waals surface area contributed by atoms with E-state index in [1.54, 1.807) is 24.0 Å². The summed E-state index contributed by atoms with van der Waals surface area (Å²) in [7, 11) is 0. The molecule has 5 nitrogen and oxygen atoms in total. The lowest BCUT2D eigenvalue weighted by atomic mass is 9.84.